The summed E-state index contributed by atoms with van der Waals surface area (Å²) in [5.74, 6) is 0. The van der Waals surface area contributed by atoms with Gasteiger partial charge in [-0.3, -0.25) is 0 Å². The fourth-order valence-corrected chi connectivity index (χ4v) is 2.99. The number of hydrogen-bond donors (Lipinski definition) is 1. The van der Waals surface area contributed by atoms with Gasteiger partial charge in [-0.2, -0.15) is 0 Å². The van der Waals surface area contributed by atoms with E-state index in [4.69, 9.17) is 0 Å². The van der Waals surface area contributed by atoms with Crippen LogP contribution in [0.5, 0.6) is 0 Å². The van der Waals surface area contributed by atoms with Crippen LogP contribution < -0.4 is 5.32 Å². The Morgan fingerprint density at radius 1 is 1.47 bits per heavy atom. The Bertz CT molecular complexity index is 354. The first-order valence-electron chi connectivity index (χ1n) is 6.86. The molecule has 1 N–H and O–H groups in total. The minimum absolute atomic E-state index is 0.403. The van der Waals surface area contributed by atoms with Crippen LogP contribution in [0.2, 0.25) is 0 Å². The molecule has 1 fully saturated rings. The standard InChI is InChI=1S/C14H25N3/c1-4-15-9-12-10-16-11-17(12)13-7-5-6-8-14(13,2)3/h10-11,13,15H,4-9H2,1-3H3. The smallest absolute Gasteiger partial charge is 0.0951 e. The number of hydrogen-bond acceptors (Lipinski definition) is 2. The predicted octanol–water partition coefficient (Wildman–Crippen LogP) is 3.13. The third-order valence-corrected chi connectivity index (χ3v) is 4.09. The van der Waals surface area contributed by atoms with E-state index in [0.717, 1.165) is 13.1 Å². The van der Waals surface area contributed by atoms with Crippen LogP contribution in [0.1, 0.15) is 58.2 Å². The lowest BCUT2D eigenvalue weighted by Crippen LogP contribution is -2.31. The average Bonchev–Trinajstić information content (AvgIpc) is 2.73. The van der Waals surface area contributed by atoms with Crippen molar-refractivity contribution in [2.75, 3.05) is 6.54 Å². The van der Waals surface area contributed by atoms with E-state index >= 15 is 0 Å². The summed E-state index contributed by atoms with van der Waals surface area (Å²) < 4.78 is 2.40. The van der Waals surface area contributed by atoms with Crippen LogP contribution in [0.15, 0.2) is 12.5 Å². The van der Waals surface area contributed by atoms with Gasteiger partial charge < -0.3 is 9.88 Å². The minimum atomic E-state index is 0.403. The highest BCUT2D eigenvalue weighted by Gasteiger charge is 2.34. The molecule has 0 radical (unpaired) electrons. The lowest BCUT2D eigenvalue weighted by molar-refractivity contribution is 0.141. The largest absolute Gasteiger partial charge is 0.330 e. The second-order valence-electron chi connectivity index (χ2n) is 5.82. The molecule has 0 aromatic carbocycles. The Morgan fingerprint density at radius 2 is 2.29 bits per heavy atom. The molecule has 0 aliphatic heterocycles. The number of aromatic nitrogens is 2. The van der Waals surface area contributed by atoms with Crippen molar-refractivity contribution in [1.82, 2.24) is 14.9 Å². The molecule has 1 aliphatic rings. The van der Waals surface area contributed by atoms with Gasteiger partial charge in [0.2, 0.25) is 0 Å². The molecular formula is C14H25N3. The van der Waals surface area contributed by atoms with E-state index in [1.807, 2.05) is 12.5 Å². The first-order chi connectivity index (χ1) is 8.15. The SMILES string of the molecule is CCNCc1cncn1C1CCCCC1(C)C. The summed E-state index contributed by atoms with van der Waals surface area (Å²) >= 11 is 0. The molecule has 3 nitrogen and oxygen atoms in total. The van der Waals surface area contributed by atoms with Crippen LogP contribution in [-0.4, -0.2) is 16.1 Å². The van der Waals surface area contributed by atoms with Gasteiger partial charge in [0.25, 0.3) is 0 Å². The van der Waals surface area contributed by atoms with Crippen molar-refractivity contribution in [1.29, 1.82) is 0 Å². The van der Waals surface area contributed by atoms with E-state index in [-0.39, 0.29) is 0 Å². The van der Waals surface area contributed by atoms with Crippen molar-refractivity contribution in [3.63, 3.8) is 0 Å². The number of imidazole rings is 1. The van der Waals surface area contributed by atoms with Crippen molar-refractivity contribution in [2.24, 2.45) is 5.41 Å². The molecule has 1 unspecified atom stereocenters. The lowest BCUT2D eigenvalue weighted by Gasteiger charge is -2.40. The van der Waals surface area contributed by atoms with Gasteiger partial charge in [0, 0.05) is 18.8 Å². The molecular weight excluding hydrogens is 210 g/mol. The van der Waals surface area contributed by atoms with Crippen LogP contribution in [0.4, 0.5) is 0 Å². The molecule has 1 heterocycles. The van der Waals surface area contributed by atoms with Gasteiger partial charge in [-0.05, 0) is 24.8 Å². The molecule has 1 aromatic rings. The maximum atomic E-state index is 4.34. The van der Waals surface area contributed by atoms with E-state index < -0.39 is 0 Å². The first-order valence-corrected chi connectivity index (χ1v) is 6.86. The molecule has 96 valence electrons. The maximum absolute atomic E-state index is 4.34. The molecule has 2 rings (SSSR count). The van der Waals surface area contributed by atoms with Crippen LogP contribution in [0, 0.1) is 5.41 Å². The molecule has 0 amide bonds. The molecule has 3 heteroatoms. The molecule has 1 saturated carbocycles. The van der Waals surface area contributed by atoms with Gasteiger partial charge in [-0.1, -0.05) is 33.6 Å². The summed E-state index contributed by atoms with van der Waals surface area (Å²) in [6.07, 6.45) is 9.38. The summed E-state index contributed by atoms with van der Waals surface area (Å²) in [5.41, 5.74) is 1.73. The second kappa shape index (κ2) is 5.21. The second-order valence-corrected chi connectivity index (χ2v) is 5.82. The Kier molecular flexibility index (Phi) is 3.87. The van der Waals surface area contributed by atoms with Crippen molar-refractivity contribution >= 4 is 0 Å². The Morgan fingerprint density at radius 3 is 3.00 bits per heavy atom. The Labute approximate surface area is 105 Å². The van der Waals surface area contributed by atoms with Gasteiger partial charge >= 0.3 is 0 Å². The molecule has 1 atom stereocenters. The van der Waals surface area contributed by atoms with E-state index in [2.05, 4.69) is 35.6 Å². The summed E-state index contributed by atoms with van der Waals surface area (Å²) in [6.45, 7) is 8.88. The quantitative estimate of drug-likeness (QED) is 0.869. The topological polar surface area (TPSA) is 29.9 Å². The third-order valence-electron chi connectivity index (χ3n) is 4.09. The van der Waals surface area contributed by atoms with Crippen molar-refractivity contribution in [3.8, 4) is 0 Å². The zero-order valence-electron chi connectivity index (χ0n) is 11.4. The van der Waals surface area contributed by atoms with Crippen molar-refractivity contribution in [3.05, 3.63) is 18.2 Å². The molecule has 17 heavy (non-hydrogen) atoms. The molecule has 0 saturated heterocycles. The highest BCUT2D eigenvalue weighted by Crippen LogP contribution is 2.44. The van der Waals surface area contributed by atoms with Gasteiger partial charge in [0.1, 0.15) is 0 Å². The average molecular weight is 235 g/mol. The summed E-state index contributed by atoms with van der Waals surface area (Å²) in [7, 11) is 0. The van der Waals surface area contributed by atoms with Crippen molar-refractivity contribution in [2.45, 2.75) is 59.0 Å². The van der Waals surface area contributed by atoms with Crippen LogP contribution >= 0.6 is 0 Å². The van der Waals surface area contributed by atoms with E-state index in [0.29, 0.717) is 11.5 Å². The molecule has 0 spiro atoms. The number of nitrogens with zero attached hydrogens (tertiary/aromatic N) is 2. The molecule has 1 aliphatic carbocycles. The normalized spacial score (nSPS) is 23.8. The van der Waals surface area contributed by atoms with Gasteiger partial charge in [-0.25, -0.2) is 4.98 Å². The highest BCUT2D eigenvalue weighted by atomic mass is 15.1. The highest BCUT2D eigenvalue weighted by molar-refractivity contribution is 5.03. The monoisotopic (exact) mass is 235 g/mol. The predicted molar refractivity (Wildman–Crippen MR) is 70.9 cm³/mol. The number of rotatable bonds is 4. The maximum Gasteiger partial charge on any atom is 0.0951 e. The Hall–Kier alpha value is -0.830. The Balaban J connectivity index is 2.17. The summed E-state index contributed by atoms with van der Waals surface area (Å²) in [6, 6.07) is 0.618. The zero-order chi connectivity index (χ0) is 12.3. The van der Waals surface area contributed by atoms with E-state index in [1.165, 1.54) is 31.4 Å². The number of nitrogens with one attached hydrogen (secondary N) is 1. The molecule has 0 bridgehead atoms. The van der Waals surface area contributed by atoms with Gasteiger partial charge in [0.05, 0.1) is 12.0 Å². The zero-order valence-corrected chi connectivity index (χ0v) is 11.4. The van der Waals surface area contributed by atoms with Crippen LogP contribution in [0.25, 0.3) is 0 Å². The van der Waals surface area contributed by atoms with Gasteiger partial charge in [0.15, 0.2) is 0 Å². The van der Waals surface area contributed by atoms with Crippen LogP contribution in [0.3, 0.4) is 0 Å². The van der Waals surface area contributed by atoms with Crippen LogP contribution in [-0.2, 0) is 6.54 Å². The fourth-order valence-electron chi connectivity index (χ4n) is 2.99. The summed E-state index contributed by atoms with van der Waals surface area (Å²) in [5, 5.41) is 3.40. The van der Waals surface area contributed by atoms with E-state index in [9.17, 15) is 0 Å². The van der Waals surface area contributed by atoms with Gasteiger partial charge in [-0.15, -0.1) is 0 Å². The lowest BCUT2D eigenvalue weighted by atomic mass is 9.73. The fraction of sp³-hybridized carbons (Fsp3) is 0.786. The third kappa shape index (κ3) is 2.71. The van der Waals surface area contributed by atoms with Crippen molar-refractivity contribution < 1.29 is 0 Å². The van der Waals surface area contributed by atoms with E-state index in [1.54, 1.807) is 0 Å². The first kappa shape index (κ1) is 12.6. The minimum Gasteiger partial charge on any atom is -0.330 e. The summed E-state index contributed by atoms with van der Waals surface area (Å²) in [4.78, 5) is 4.34. The molecule has 1 aromatic heterocycles.